The van der Waals surface area contributed by atoms with Gasteiger partial charge in [0.1, 0.15) is 6.04 Å². The molecule has 0 aliphatic carbocycles. The van der Waals surface area contributed by atoms with Crippen LogP contribution in [0, 0.1) is 6.92 Å². The number of rotatable bonds is 13. The van der Waals surface area contributed by atoms with Crippen molar-refractivity contribution in [2.24, 2.45) is 0 Å². The molecule has 0 heterocycles. The first-order valence-electron chi connectivity index (χ1n) is 14.0. The zero-order valence-corrected chi connectivity index (χ0v) is 25.6. The highest BCUT2D eigenvalue weighted by Gasteiger charge is 2.33. The normalized spacial score (nSPS) is 12.6. The first-order chi connectivity index (χ1) is 20.2. The minimum atomic E-state index is -4.64. The molecule has 0 fully saturated rings. The van der Waals surface area contributed by atoms with Gasteiger partial charge in [-0.25, -0.2) is 8.42 Å². The molecule has 0 aliphatic heterocycles. The van der Waals surface area contributed by atoms with Crippen molar-refractivity contribution in [3.8, 4) is 0 Å². The van der Waals surface area contributed by atoms with Crippen LogP contribution in [0.3, 0.4) is 0 Å². The Labute approximate surface area is 251 Å². The second kappa shape index (κ2) is 14.5. The number of nitrogens with one attached hydrogen (secondary N) is 1. The van der Waals surface area contributed by atoms with Crippen molar-refractivity contribution >= 4 is 27.5 Å². The molecule has 0 radical (unpaired) electrons. The highest BCUT2D eigenvalue weighted by atomic mass is 32.2. The van der Waals surface area contributed by atoms with Crippen LogP contribution in [0.1, 0.15) is 48.9 Å². The Morgan fingerprint density at radius 1 is 0.930 bits per heavy atom. The second-order valence-electron chi connectivity index (χ2n) is 10.8. The first kappa shape index (κ1) is 33.6. The third-order valence-corrected chi connectivity index (χ3v) is 8.11. The van der Waals surface area contributed by atoms with Gasteiger partial charge in [-0.05, 0) is 62.1 Å². The summed E-state index contributed by atoms with van der Waals surface area (Å²) in [6.07, 6.45) is -3.58. The average Bonchev–Trinajstić information content (AvgIpc) is 2.93. The predicted octanol–water partition coefficient (Wildman–Crippen LogP) is 5.72. The van der Waals surface area contributed by atoms with E-state index in [9.17, 15) is 31.2 Å². The van der Waals surface area contributed by atoms with Crippen LogP contribution < -0.4 is 9.62 Å². The lowest BCUT2D eigenvalue weighted by Gasteiger charge is -2.33. The molecule has 232 valence electrons. The van der Waals surface area contributed by atoms with Crippen molar-refractivity contribution < 1.29 is 31.2 Å². The van der Waals surface area contributed by atoms with E-state index in [4.69, 9.17) is 0 Å². The lowest BCUT2D eigenvalue weighted by Crippen LogP contribution is -2.52. The van der Waals surface area contributed by atoms with Crippen molar-refractivity contribution in [1.82, 2.24) is 10.2 Å². The van der Waals surface area contributed by atoms with E-state index in [1.807, 2.05) is 75.4 Å². The standard InChI is InChI=1S/C32H38F3N3O4S/c1-23(2)36-31(40)29(20-25-13-6-5-7-14-25)37(22-26-15-9-8-12-24(26)3)30(39)18-11-19-38(43(4,41)42)28-17-10-16-27(21-28)32(33,34)35/h5-10,12-17,21,23,29H,11,18-20,22H2,1-4H3,(H,36,40)/t29-/m0/s1. The van der Waals surface area contributed by atoms with E-state index in [2.05, 4.69) is 5.32 Å². The van der Waals surface area contributed by atoms with Crippen molar-refractivity contribution in [1.29, 1.82) is 0 Å². The van der Waals surface area contributed by atoms with Gasteiger partial charge < -0.3 is 10.2 Å². The minimum absolute atomic E-state index is 0.0241. The van der Waals surface area contributed by atoms with E-state index in [1.165, 1.54) is 11.0 Å². The summed E-state index contributed by atoms with van der Waals surface area (Å²) in [5.74, 6) is -0.692. The highest BCUT2D eigenvalue weighted by molar-refractivity contribution is 7.92. The number of carbonyl (C=O) groups is 2. The number of aryl methyl sites for hydroxylation is 1. The molecular weight excluding hydrogens is 579 g/mol. The Morgan fingerprint density at radius 3 is 2.19 bits per heavy atom. The summed E-state index contributed by atoms with van der Waals surface area (Å²) in [6.45, 7) is 5.51. The summed E-state index contributed by atoms with van der Waals surface area (Å²) < 4.78 is 66.0. The molecule has 1 N–H and O–H groups in total. The molecule has 3 aromatic rings. The van der Waals surface area contributed by atoms with Gasteiger partial charge in [-0.1, -0.05) is 60.7 Å². The van der Waals surface area contributed by atoms with Crippen LogP contribution in [0.2, 0.25) is 0 Å². The number of hydrogen-bond donors (Lipinski definition) is 1. The molecule has 11 heteroatoms. The molecule has 2 amide bonds. The monoisotopic (exact) mass is 617 g/mol. The lowest BCUT2D eigenvalue weighted by atomic mass is 10.0. The zero-order chi connectivity index (χ0) is 31.8. The number of alkyl halides is 3. The van der Waals surface area contributed by atoms with Crippen LogP contribution in [-0.2, 0) is 38.8 Å². The molecule has 3 rings (SSSR count). The molecule has 0 aromatic heterocycles. The molecule has 0 aliphatic rings. The number of anilines is 1. The summed E-state index contributed by atoms with van der Waals surface area (Å²) >= 11 is 0. The first-order valence-corrected chi connectivity index (χ1v) is 15.8. The SMILES string of the molecule is Cc1ccccc1CN(C(=O)CCCN(c1cccc(C(F)(F)F)c1)S(C)(=O)=O)[C@@H](Cc1ccccc1)C(=O)NC(C)C. The largest absolute Gasteiger partial charge is 0.416 e. The maximum absolute atomic E-state index is 13.9. The van der Waals surface area contributed by atoms with Crippen molar-refractivity contribution in [3.05, 3.63) is 101 Å². The van der Waals surface area contributed by atoms with Crippen LogP contribution >= 0.6 is 0 Å². The number of hydrogen-bond acceptors (Lipinski definition) is 4. The van der Waals surface area contributed by atoms with Crippen molar-refractivity contribution in [2.75, 3.05) is 17.1 Å². The van der Waals surface area contributed by atoms with Crippen LogP contribution in [0.25, 0.3) is 0 Å². The molecule has 0 saturated heterocycles. The maximum Gasteiger partial charge on any atom is 0.416 e. The van der Waals surface area contributed by atoms with Gasteiger partial charge >= 0.3 is 6.18 Å². The van der Waals surface area contributed by atoms with Crippen LogP contribution in [-0.4, -0.2) is 50.0 Å². The smallest absolute Gasteiger partial charge is 0.352 e. The second-order valence-corrected chi connectivity index (χ2v) is 12.7. The fraction of sp³-hybridized carbons (Fsp3) is 0.375. The van der Waals surface area contributed by atoms with Gasteiger partial charge in [-0.3, -0.25) is 13.9 Å². The summed E-state index contributed by atoms with van der Waals surface area (Å²) in [6, 6.07) is 19.9. The number of nitrogens with zero attached hydrogens (tertiary/aromatic N) is 2. The van der Waals surface area contributed by atoms with Crippen molar-refractivity contribution in [3.63, 3.8) is 0 Å². The van der Waals surface area contributed by atoms with E-state index in [1.54, 1.807) is 0 Å². The van der Waals surface area contributed by atoms with Gasteiger partial charge in [-0.15, -0.1) is 0 Å². The minimum Gasteiger partial charge on any atom is -0.352 e. The Balaban J connectivity index is 1.90. The van der Waals surface area contributed by atoms with Gasteiger partial charge in [0.05, 0.1) is 17.5 Å². The van der Waals surface area contributed by atoms with Crippen LogP contribution in [0.15, 0.2) is 78.9 Å². The maximum atomic E-state index is 13.9. The lowest BCUT2D eigenvalue weighted by molar-refractivity contribution is -0.141. The fourth-order valence-corrected chi connectivity index (χ4v) is 5.70. The summed E-state index contributed by atoms with van der Waals surface area (Å²) in [7, 11) is -3.96. The fourth-order valence-electron chi connectivity index (χ4n) is 4.75. The quantitative estimate of drug-likeness (QED) is 0.266. The number of halogens is 3. The summed E-state index contributed by atoms with van der Waals surface area (Å²) in [5, 5.41) is 2.92. The summed E-state index contributed by atoms with van der Waals surface area (Å²) in [5.41, 5.74) is 1.55. The Bertz CT molecular complexity index is 1490. The summed E-state index contributed by atoms with van der Waals surface area (Å²) in [4.78, 5) is 28.9. The number of amides is 2. The van der Waals surface area contributed by atoms with Gasteiger partial charge in [-0.2, -0.15) is 13.2 Å². The number of carbonyl (C=O) groups excluding carboxylic acids is 2. The van der Waals surface area contributed by atoms with Gasteiger partial charge in [0.2, 0.25) is 21.8 Å². The molecule has 0 saturated carbocycles. The van der Waals surface area contributed by atoms with Gasteiger partial charge in [0.25, 0.3) is 0 Å². The molecule has 7 nitrogen and oxygen atoms in total. The number of benzene rings is 3. The molecular formula is C32H38F3N3O4S. The van der Waals surface area contributed by atoms with Gasteiger partial charge in [0, 0.05) is 32.0 Å². The Kier molecular flexibility index (Phi) is 11.4. The molecule has 0 bridgehead atoms. The zero-order valence-electron chi connectivity index (χ0n) is 24.8. The molecule has 3 aromatic carbocycles. The van der Waals surface area contributed by atoms with E-state index >= 15 is 0 Å². The Morgan fingerprint density at radius 2 is 1.58 bits per heavy atom. The van der Waals surface area contributed by atoms with E-state index in [0.717, 1.165) is 45.5 Å². The third-order valence-electron chi connectivity index (χ3n) is 6.92. The average molecular weight is 618 g/mol. The molecule has 0 unspecified atom stereocenters. The van der Waals surface area contributed by atoms with Crippen molar-refractivity contribution in [2.45, 2.75) is 64.8 Å². The molecule has 0 spiro atoms. The van der Waals surface area contributed by atoms with E-state index < -0.39 is 27.8 Å². The molecule has 43 heavy (non-hydrogen) atoms. The topological polar surface area (TPSA) is 86.8 Å². The number of sulfonamides is 1. The van der Waals surface area contributed by atoms with Crippen LogP contribution in [0.4, 0.5) is 18.9 Å². The van der Waals surface area contributed by atoms with E-state index in [-0.39, 0.29) is 55.9 Å². The van der Waals surface area contributed by atoms with Gasteiger partial charge in [0.15, 0.2) is 0 Å². The third kappa shape index (κ3) is 9.84. The van der Waals surface area contributed by atoms with E-state index in [0.29, 0.717) is 0 Å². The Hall–Kier alpha value is -3.86. The highest BCUT2D eigenvalue weighted by Crippen LogP contribution is 2.32. The van der Waals surface area contributed by atoms with Crippen LogP contribution in [0.5, 0.6) is 0 Å². The predicted molar refractivity (Wildman–Crippen MR) is 162 cm³/mol. The molecule has 1 atom stereocenters.